The van der Waals surface area contributed by atoms with Gasteiger partial charge >= 0.3 is 0 Å². The first-order valence-electron chi connectivity index (χ1n) is 16.4. The molecule has 236 valence electrons. The maximum atomic E-state index is 15.0. The molecule has 0 spiro atoms. The molecule has 10 rings (SSSR count). The summed E-state index contributed by atoms with van der Waals surface area (Å²) in [6.07, 6.45) is 0.975. The molecule has 1 saturated carbocycles. The zero-order valence-corrected chi connectivity index (χ0v) is 28.4. The SMILES string of the molecule is Cc1ccc(S(=O)(=O)C2=C(c3ccc4ccc5c(-c6ccc(Cl)cc6)ccc6ccc3c4c65)C3CCC2(C)C2OC(C)(C)O[C@H]32)cc1. The summed E-state index contributed by atoms with van der Waals surface area (Å²) in [4.78, 5) is 0.814. The number of benzene rings is 6. The summed E-state index contributed by atoms with van der Waals surface area (Å²) in [6.45, 7) is 7.94. The van der Waals surface area contributed by atoms with Gasteiger partial charge in [-0.05, 0) is 112 Å². The highest BCUT2D eigenvalue weighted by molar-refractivity contribution is 7.95. The van der Waals surface area contributed by atoms with Crippen molar-refractivity contribution in [2.45, 2.75) is 63.4 Å². The molecule has 1 aliphatic heterocycles. The minimum Gasteiger partial charge on any atom is -0.344 e. The van der Waals surface area contributed by atoms with E-state index in [1.807, 2.05) is 45.0 Å². The normalized spacial score (nSPS) is 25.3. The predicted octanol–water partition coefficient (Wildman–Crippen LogP) is 10.3. The van der Waals surface area contributed by atoms with E-state index in [-0.39, 0.29) is 18.1 Å². The zero-order valence-electron chi connectivity index (χ0n) is 26.8. The van der Waals surface area contributed by atoms with Crippen molar-refractivity contribution in [3.05, 3.63) is 118 Å². The molecule has 4 atom stereocenters. The first-order valence-corrected chi connectivity index (χ1v) is 18.2. The zero-order chi connectivity index (χ0) is 32.5. The maximum absolute atomic E-state index is 15.0. The Kier molecular flexibility index (Phi) is 6.19. The number of halogens is 1. The molecular weight excluding hydrogens is 624 g/mol. The highest BCUT2D eigenvalue weighted by Crippen LogP contribution is 2.63. The number of ether oxygens (including phenoxy) is 2. The Balaban J connectivity index is 1.36. The van der Waals surface area contributed by atoms with Gasteiger partial charge in [0.1, 0.15) is 0 Å². The molecule has 6 heteroatoms. The minimum atomic E-state index is -3.88. The van der Waals surface area contributed by atoms with E-state index in [0.717, 1.165) is 67.6 Å². The first-order chi connectivity index (χ1) is 22.5. The van der Waals surface area contributed by atoms with E-state index in [2.05, 4.69) is 67.6 Å². The number of hydrogen-bond acceptors (Lipinski definition) is 4. The third-order valence-corrected chi connectivity index (χ3v) is 13.3. The Bertz CT molecular complexity index is 2390. The molecule has 1 heterocycles. The number of hydrogen-bond donors (Lipinski definition) is 0. The van der Waals surface area contributed by atoms with Crippen LogP contribution in [-0.4, -0.2) is 26.4 Å². The van der Waals surface area contributed by atoms with Crippen LogP contribution in [0.1, 0.15) is 44.7 Å². The van der Waals surface area contributed by atoms with Gasteiger partial charge in [-0.3, -0.25) is 0 Å². The molecule has 0 amide bonds. The smallest absolute Gasteiger partial charge is 0.203 e. The fourth-order valence-electron chi connectivity index (χ4n) is 8.89. The molecule has 6 aromatic rings. The molecule has 0 N–H and O–H groups in total. The van der Waals surface area contributed by atoms with Crippen molar-refractivity contribution in [3.8, 4) is 11.1 Å². The second-order valence-corrected chi connectivity index (χ2v) is 16.6. The van der Waals surface area contributed by atoms with Gasteiger partial charge in [0.2, 0.25) is 9.84 Å². The fourth-order valence-corrected chi connectivity index (χ4v) is 11.1. The molecule has 4 nitrogen and oxygen atoms in total. The molecule has 2 fully saturated rings. The van der Waals surface area contributed by atoms with Crippen LogP contribution >= 0.6 is 11.6 Å². The van der Waals surface area contributed by atoms with Crippen molar-refractivity contribution >= 4 is 59.3 Å². The predicted molar refractivity (Wildman–Crippen MR) is 191 cm³/mol. The van der Waals surface area contributed by atoms with Gasteiger partial charge in [-0.2, -0.15) is 0 Å². The average Bonchev–Trinajstić information content (AvgIpc) is 3.40. The summed E-state index contributed by atoms with van der Waals surface area (Å²) in [6, 6.07) is 32.7. The summed E-state index contributed by atoms with van der Waals surface area (Å²) in [5.41, 5.74) is 4.37. The standard InChI is InChI=1S/C41H35ClO4S/c1-23-5-15-28(16-6-23)47(43,44)39-36(33-21-22-41(39,4)38-37(33)45-40(2,3)46-38)32-20-12-26-10-18-30-29(24-7-13-27(42)14-8-24)17-9-25-11-19-31(32)35(26)34(25)30/h5-20,33,37-38H,21-22H2,1-4H3/t33?,37-,38?,41?/m1/s1. The van der Waals surface area contributed by atoms with Crippen molar-refractivity contribution in [3.63, 3.8) is 0 Å². The second-order valence-electron chi connectivity index (χ2n) is 14.3. The van der Waals surface area contributed by atoms with Crippen LogP contribution in [0, 0.1) is 18.3 Å². The van der Waals surface area contributed by atoms with Gasteiger partial charge in [0.05, 0.1) is 22.0 Å². The van der Waals surface area contributed by atoms with Gasteiger partial charge < -0.3 is 9.47 Å². The van der Waals surface area contributed by atoms with Crippen LogP contribution in [-0.2, 0) is 19.3 Å². The van der Waals surface area contributed by atoms with Crippen LogP contribution in [0.15, 0.2) is 107 Å². The van der Waals surface area contributed by atoms with E-state index < -0.39 is 21.0 Å². The van der Waals surface area contributed by atoms with Crippen LogP contribution in [0.2, 0.25) is 5.02 Å². The van der Waals surface area contributed by atoms with Gasteiger partial charge in [0.15, 0.2) is 5.79 Å². The molecule has 0 aromatic heterocycles. The van der Waals surface area contributed by atoms with Gasteiger partial charge in [-0.25, -0.2) is 8.42 Å². The summed E-state index contributed by atoms with van der Waals surface area (Å²) in [5, 5.41) is 7.55. The lowest BCUT2D eigenvalue weighted by Gasteiger charge is -2.52. The van der Waals surface area contributed by atoms with Crippen molar-refractivity contribution in [1.29, 1.82) is 0 Å². The van der Waals surface area contributed by atoms with Crippen molar-refractivity contribution in [2.75, 3.05) is 0 Å². The van der Waals surface area contributed by atoms with Crippen molar-refractivity contribution in [2.24, 2.45) is 11.3 Å². The Labute approximate surface area is 280 Å². The Morgan fingerprint density at radius 1 is 0.723 bits per heavy atom. The summed E-state index contributed by atoms with van der Waals surface area (Å²) in [5.74, 6) is -0.921. The maximum Gasteiger partial charge on any atom is 0.203 e. The number of sulfone groups is 1. The quantitative estimate of drug-likeness (QED) is 0.177. The van der Waals surface area contributed by atoms with Crippen LogP contribution in [0.5, 0.6) is 0 Å². The lowest BCUT2D eigenvalue weighted by molar-refractivity contribution is -0.152. The van der Waals surface area contributed by atoms with E-state index in [9.17, 15) is 8.42 Å². The highest BCUT2D eigenvalue weighted by Gasteiger charge is 2.64. The first kappa shape index (κ1) is 29.4. The number of fused-ring (bicyclic) bond motifs is 1. The number of aryl methyl sites for hydroxylation is 1. The molecule has 47 heavy (non-hydrogen) atoms. The average molecular weight is 659 g/mol. The largest absolute Gasteiger partial charge is 0.344 e. The second kappa shape index (κ2) is 9.90. The van der Waals surface area contributed by atoms with E-state index in [4.69, 9.17) is 21.1 Å². The van der Waals surface area contributed by atoms with E-state index in [0.29, 0.717) is 14.8 Å². The third-order valence-electron chi connectivity index (χ3n) is 11.0. The Morgan fingerprint density at radius 3 is 1.98 bits per heavy atom. The fraction of sp³-hybridized carbons (Fsp3) is 0.268. The molecule has 4 aliphatic rings. The van der Waals surface area contributed by atoms with Crippen molar-refractivity contribution in [1.82, 2.24) is 0 Å². The molecular formula is C41H35ClO4S. The lowest BCUT2D eigenvalue weighted by Crippen LogP contribution is -2.54. The highest BCUT2D eigenvalue weighted by atomic mass is 35.5. The van der Waals surface area contributed by atoms with Crippen LogP contribution in [0.3, 0.4) is 0 Å². The summed E-state index contributed by atoms with van der Waals surface area (Å²) >= 11 is 6.24. The molecule has 3 unspecified atom stereocenters. The Hall–Kier alpha value is -3.74. The van der Waals surface area contributed by atoms with Crippen molar-refractivity contribution < 1.29 is 17.9 Å². The summed E-state index contributed by atoms with van der Waals surface area (Å²) < 4.78 is 43.1. The monoisotopic (exact) mass is 658 g/mol. The molecule has 6 aromatic carbocycles. The van der Waals surface area contributed by atoms with E-state index in [1.54, 1.807) is 12.1 Å². The lowest BCUT2D eigenvalue weighted by atomic mass is 9.58. The van der Waals surface area contributed by atoms with Crippen LogP contribution in [0.25, 0.3) is 49.0 Å². The van der Waals surface area contributed by atoms with Gasteiger partial charge in [-0.15, -0.1) is 0 Å². The van der Waals surface area contributed by atoms with Gasteiger partial charge in [0.25, 0.3) is 0 Å². The molecule has 0 radical (unpaired) electrons. The van der Waals surface area contributed by atoms with E-state index >= 15 is 0 Å². The molecule has 2 bridgehead atoms. The minimum absolute atomic E-state index is 0.123. The van der Waals surface area contributed by atoms with Crippen LogP contribution in [0.4, 0.5) is 0 Å². The topological polar surface area (TPSA) is 52.6 Å². The third kappa shape index (κ3) is 4.16. The van der Waals surface area contributed by atoms with Gasteiger partial charge in [0, 0.05) is 16.4 Å². The summed E-state index contributed by atoms with van der Waals surface area (Å²) in [7, 11) is -3.88. The van der Waals surface area contributed by atoms with Gasteiger partial charge in [-0.1, -0.05) is 96.9 Å². The molecule has 1 saturated heterocycles. The molecule has 3 aliphatic carbocycles. The number of rotatable bonds is 4. The van der Waals surface area contributed by atoms with Crippen LogP contribution < -0.4 is 0 Å². The van der Waals surface area contributed by atoms with E-state index in [1.165, 1.54) is 5.39 Å². The Morgan fingerprint density at radius 2 is 1.32 bits per heavy atom.